The number of rotatable bonds is 4. The Balaban J connectivity index is 1.26. The van der Waals surface area contributed by atoms with Gasteiger partial charge in [-0.1, -0.05) is 109 Å². The average molecular weight is 690 g/mol. The molecule has 6 heteroatoms. The quantitative estimate of drug-likeness (QED) is 0.184. The van der Waals surface area contributed by atoms with Gasteiger partial charge in [0.1, 0.15) is 11.2 Å². The van der Waals surface area contributed by atoms with Gasteiger partial charge in [-0.3, -0.25) is 0 Å². The summed E-state index contributed by atoms with van der Waals surface area (Å²) in [6, 6.07) is 46.7. The van der Waals surface area contributed by atoms with E-state index in [1.165, 1.54) is 41.8 Å². The molecular weight excluding hydrogens is 663 g/mol. The fourth-order valence-electron chi connectivity index (χ4n) is 7.82. The molecule has 1 atom stereocenters. The molecule has 6 aromatic carbocycles. The Morgan fingerprint density at radius 3 is 2.25 bits per heavy atom. The van der Waals surface area contributed by atoms with Gasteiger partial charge in [0.05, 0.1) is 0 Å². The van der Waals surface area contributed by atoms with Crippen molar-refractivity contribution in [3.05, 3.63) is 157 Å². The Morgan fingerprint density at radius 1 is 0.569 bits per heavy atom. The van der Waals surface area contributed by atoms with Crippen molar-refractivity contribution in [1.29, 1.82) is 0 Å². The van der Waals surface area contributed by atoms with E-state index in [1.54, 1.807) is 11.3 Å². The van der Waals surface area contributed by atoms with Crippen molar-refractivity contribution in [2.45, 2.75) is 16.6 Å². The van der Waals surface area contributed by atoms with Crippen LogP contribution in [0.25, 0.3) is 87.4 Å². The third kappa shape index (κ3) is 4.50. The zero-order valence-corrected chi connectivity index (χ0v) is 28.8. The van der Waals surface area contributed by atoms with E-state index in [2.05, 4.69) is 115 Å². The first-order chi connectivity index (χ1) is 25.3. The molecule has 0 fully saturated rings. The number of hydrogen-bond donors (Lipinski definition) is 0. The summed E-state index contributed by atoms with van der Waals surface area (Å²) >= 11 is 3.75. The number of hydrogen-bond acceptors (Lipinski definition) is 6. The summed E-state index contributed by atoms with van der Waals surface area (Å²) < 4.78 is 8.93. The highest BCUT2D eigenvalue weighted by atomic mass is 32.2. The van der Waals surface area contributed by atoms with Gasteiger partial charge in [0.15, 0.2) is 17.5 Å². The minimum Gasteiger partial charge on any atom is -0.456 e. The van der Waals surface area contributed by atoms with Crippen LogP contribution in [-0.2, 0) is 0 Å². The minimum absolute atomic E-state index is 0.353. The van der Waals surface area contributed by atoms with Crippen LogP contribution in [-0.4, -0.2) is 20.2 Å². The van der Waals surface area contributed by atoms with Crippen LogP contribution in [0.3, 0.4) is 0 Å². The molecule has 0 amide bonds. The maximum atomic E-state index is 6.51. The average Bonchev–Trinajstić information content (AvgIpc) is 3.89. The molecule has 3 aromatic heterocycles. The number of allylic oxidation sites excluding steroid dienone is 3. The van der Waals surface area contributed by atoms with Crippen LogP contribution in [0.15, 0.2) is 155 Å². The zero-order valence-electron chi connectivity index (χ0n) is 27.2. The highest BCUT2D eigenvalue weighted by Crippen LogP contribution is 2.53. The lowest BCUT2D eigenvalue weighted by atomic mass is 9.85. The van der Waals surface area contributed by atoms with Gasteiger partial charge >= 0.3 is 0 Å². The van der Waals surface area contributed by atoms with Gasteiger partial charge in [-0.25, -0.2) is 15.0 Å². The van der Waals surface area contributed by atoms with E-state index in [9.17, 15) is 0 Å². The fraction of sp³-hybridized carbons (Fsp3) is 0.0444. The first kappa shape index (κ1) is 29.0. The second-order valence-corrected chi connectivity index (χ2v) is 15.3. The third-order valence-electron chi connectivity index (χ3n) is 10.1. The monoisotopic (exact) mass is 689 g/mol. The van der Waals surface area contributed by atoms with E-state index in [1.807, 2.05) is 42.1 Å². The predicted octanol–water partition coefficient (Wildman–Crippen LogP) is 12.5. The van der Waals surface area contributed by atoms with Crippen molar-refractivity contribution in [3.63, 3.8) is 0 Å². The molecule has 1 unspecified atom stereocenters. The molecule has 1 aliphatic carbocycles. The number of benzene rings is 6. The van der Waals surface area contributed by atoms with Gasteiger partial charge < -0.3 is 4.42 Å². The Bertz CT molecular complexity index is 2940. The molecule has 9 aromatic rings. The SMILES string of the molecule is C1=CC(c2ccc3oc4ccccc4c3c2-c2nc(-c3ccccc3)nc(-c3cccc4c3sc3ccccc34)n2)=C2c3ccccc3SC2C1. The summed E-state index contributed by atoms with van der Waals surface area (Å²) in [5.41, 5.74) is 9.55. The van der Waals surface area contributed by atoms with Crippen LogP contribution in [0.5, 0.6) is 0 Å². The molecule has 2 aliphatic rings. The molecule has 0 radical (unpaired) electrons. The third-order valence-corrected chi connectivity index (χ3v) is 12.6. The summed E-state index contributed by atoms with van der Waals surface area (Å²) in [6.45, 7) is 0. The van der Waals surface area contributed by atoms with Crippen molar-refractivity contribution in [2.24, 2.45) is 0 Å². The number of thioether (sulfide) groups is 1. The van der Waals surface area contributed by atoms with Crippen LogP contribution in [0.4, 0.5) is 0 Å². The van der Waals surface area contributed by atoms with Crippen molar-refractivity contribution >= 4 is 76.4 Å². The fourth-order valence-corrected chi connectivity index (χ4v) is 10.4. The lowest BCUT2D eigenvalue weighted by molar-refractivity contribution is 0.669. The van der Waals surface area contributed by atoms with Crippen molar-refractivity contribution in [3.8, 4) is 34.2 Å². The standard InChI is InChI=1S/C45H27N3OS2/c1-2-12-26(13-3-1)43-46-44(33-19-10-18-30-27-14-5-8-21-36(27)51-42(30)33)48-45(47-43)41-29(24-25-35-40(41)31-15-4-7-20-34(31)49-35)28-17-11-23-38-39(28)32-16-6-9-22-37(32)50-38/h1-22,24-25,38H,23H2. The van der Waals surface area contributed by atoms with E-state index < -0.39 is 0 Å². The highest BCUT2D eigenvalue weighted by Gasteiger charge is 2.33. The molecule has 0 saturated heterocycles. The number of thiophene rings is 1. The number of para-hydroxylation sites is 1. The largest absolute Gasteiger partial charge is 0.456 e. The highest BCUT2D eigenvalue weighted by molar-refractivity contribution is 8.00. The Labute approximate surface area is 301 Å². The maximum absolute atomic E-state index is 6.51. The smallest absolute Gasteiger partial charge is 0.165 e. The molecule has 11 rings (SSSR count). The van der Waals surface area contributed by atoms with E-state index in [-0.39, 0.29) is 0 Å². The van der Waals surface area contributed by atoms with Gasteiger partial charge in [0.2, 0.25) is 0 Å². The minimum atomic E-state index is 0.353. The first-order valence-electron chi connectivity index (χ1n) is 17.1. The predicted molar refractivity (Wildman–Crippen MR) is 213 cm³/mol. The molecule has 240 valence electrons. The molecule has 1 aliphatic heterocycles. The molecule has 4 nitrogen and oxygen atoms in total. The van der Waals surface area contributed by atoms with Crippen LogP contribution in [0.2, 0.25) is 0 Å². The van der Waals surface area contributed by atoms with Crippen molar-refractivity contribution < 1.29 is 4.42 Å². The first-order valence-corrected chi connectivity index (χ1v) is 18.8. The van der Waals surface area contributed by atoms with Crippen LogP contribution in [0, 0.1) is 0 Å². The normalized spacial score (nSPS) is 15.3. The number of furan rings is 1. The van der Waals surface area contributed by atoms with Gasteiger partial charge in [-0.05, 0) is 65.1 Å². The van der Waals surface area contributed by atoms with Crippen LogP contribution >= 0.6 is 23.1 Å². The van der Waals surface area contributed by atoms with E-state index in [4.69, 9.17) is 19.4 Å². The van der Waals surface area contributed by atoms with E-state index in [0.717, 1.165) is 50.6 Å². The Morgan fingerprint density at radius 2 is 1.31 bits per heavy atom. The van der Waals surface area contributed by atoms with Gasteiger partial charge in [0.25, 0.3) is 0 Å². The molecule has 4 heterocycles. The molecular formula is C45H27N3OS2. The summed E-state index contributed by atoms with van der Waals surface area (Å²) in [7, 11) is 0. The van der Waals surface area contributed by atoms with Crippen molar-refractivity contribution in [1.82, 2.24) is 15.0 Å². The Hall–Kier alpha value is -5.82. The van der Waals surface area contributed by atoms with Crippen molar-refractivity contribution in [2.75, 3.05) is 0 Å². The van der Waals surface area contributed by atoms with Gasteiger partial charge in [-0.2, -0.15) is 0 Å². The summed E-state index contributed by atoms with van der Waals surface area (Å²) in [4.78, 5) is 17.3. The van der Waals surface area contributed by atoms with Gasteiger partial charge in [-0.15, -0.1) is 23.1 Å². The summed E-state index contributed by atoms with van der Waals surface area (Å²) in [5.74, 6) is 1.93. The molecule has 0 bridgehead atoms. The van der Waals surface area contributed by atoms with E-state index >= 15 is 0 Å². The topological polar surface area (TPSA) is 51.8 Å². The maximum Gasteiger partial charge on any atom is 0.165 e. The van der Waals surface area contributed by atoms with Gasteiger partial charge in [0, 0.05) is 57.8 Å². The lowest BCUT2D eigenvalue weighted by Crippen LogP contribution is -2.07. The summed E-state index contributed by atoms with van der Waals surface area (Å²) in [6.07, 6.45) is 5.62. The Kier molecular flexibility index (Phi) is 6.45. The number of nitrogens with zero attached hydrogens (tertiary/aromatic N) is 3. The van der Waals surface area contributed by atoms with Crippen LogP contribution in [0.1, 0.15) is 17.5 Å². The molecule has 0 spiro atoms. The number of fused-ring (bicyclic) bond motifs is 9. The summed E-state index contributed by atoms with van der Waals surface area (Å²) in [5, 5.41) is 4.87. The number of aromatic nitrogens is 3. The second kappa shape index (κ2) is 11.4. The second-order valence-electron chi connectivity index (χ2n) is 13.0. The van der Waals surface area contributed by atoms with Crippen LogP contribution < -0.4 is 0 Å². The molecule has 0 saturated carbocycles. The van der Waals surface area contributed by atoms with E-state index in [0.29, 0.717) is 22.7 Å². The zero-order chi connectivity index (χ0) is 33.5. The molecule has 51 heavy (non-hydrogen) atoms. The molecule has 0 N–H and O–H groups in total. The lowest BCUT2D eigenvalue weighted by Gasteiger charge is -2.21.